The fourth-order valence-electron chi connectivity index (χ4n) is 2.77. The minimum atomic E-state index is -3.02. The third-order valence-corrected chi connectivity index (χ3v) is 6.69. The van der Waals surface area contributed by atoms with Crippen LogP contribution in [0, 0.1) is 10.6 Å². The lowest BCUT2D eigenvalue weighted by Gasteiger charge is -2.08. The molecule has 4 aromatic rings. The van der Waals surface area contributed by atoms with E-state index in [2.05, 4.69) is 36.7 Å². The van der Waals surface area contributed by atoms with Crippen molar-refractivity contribution in [1.82, 2.24) is 20.0 Å². The number of rotatable bonds is 7. The van der Waals surface area contributed by atoms with Gasteiger partial charge in [0.25, 0.3) is 0 Å². The van der Waals surface area contributed by atoms with Crippen molar-refractivity contribution in [2.24, 2.45) is 0 Å². The van der Waals surface area contributed by atoms with Gasteiger partial charge in [0.15, 0.2) is 5.69 Å². The Kier molecular flexibility index (Phi) is 5.69. The highest BCUT2D eigenvalue weighted by Gasteiger charge is 2.23. The van der Waals surface area contributed by atoms with E-state index in [9.17, 15) is 13.4 Å². The normalized spacial score (nSPS) is 13.1. The average molecular weight is 509 g/mol. The van der Waals surface area contributed by atoms with Crippen LogP contribution in [0.3, 0.4) is 0 Å². The van der Waals surface area contributed by atoms with Crippen LogP contribution in [0.5, 0.6) is 0 Å². The summed E-state index contributed by atoms with van der Waals surface area (Å²) in [6.45, 7) is 0.114. The molecule has 31 heavy (non-hydrogen) atoms. The van der Waals surface area contributed by atoms with Gasteiger partial charge in [-0.1, -0.05) is 23.4 Å². The van der Waals surface area contributed by atoms with Crippen LogP contribution in [-0.2, 0) is 9.73 Å². The minimum Gasteiger partial charge on any atom is -0.364 e. The first-order chi connectivity index (χ1) is 14.9. The monoisotopic (exact) mass is 508 g/mol. The fraction of sp³-hybridized carbons (Fsp3) is 0.111. The van der Waals surface area contributed by atoms with Crippen LogP contribution in [0.15, 0.2) is 71.8 Å². The van der Waals surface area contributed by atoms with E-state index in [0.717, 1.165) is 4.57 Å². The smallest absolute Gasteiger partial charge is 0.364 e. The molecule has 1 atom stereocenters. The molecule has 0 fully saturated rings. The Hall–Kier alpha value is -3.32. The number of aromatic nitrogens is 4. The first-order valence-electron chi connectivity index (χ1n) is 8.79. The molecule has 0 radical (unpaired) electrons. The van der Waals surface area contributed by atoms with E-state index in [0.29, 0.717) is 4.90 Å². The summed E-state index contributed by atoms with van der Waals surface area (Å²) in [7, 11) is -3.02. The molecule has 0 bridgehead atoms. The fourth-order valence-corrected chi connectivity index (χ4v) is 4.36. The number of anilines is 1. The van der Waals surface area contributed by atoms with E-state index >= 15 is 0 Å². The molecule has 2 N–H and O–H groups in total. The molecule has 0 spiro atoms. The van der Waals surface area contributed by atoms with E-state index in [4.69, 9.17) is 13.9 Å². The van der Waals surface area contributed by atoms with E-state index in [1.54, 1.807) is 30.3 Å². The van der Waals surface area contributed by atoms with Gasteiger partial charge in [0.05, 0.1) is 25.6 Å². The Balaban J connectivity index is 1.58. The van der Waals surface area contributed by atoms with Crippen molar-refractivity contribution in [2.75, 3.05) is 17.6 Å². The van der Waals surface area contributed by atoms with Gasteiger partial charge in [-0.15, -0.1) is 0 Å². The maximum atomic E-state index is 13.6. The zero-order valence-electron chi connectivity index (χ0n) is 15.6. The number of nitrogens with one attached hydrogen (secondary N) is 2. The molecule has 0 amide bonds. The number of hydrogen-bond acceptors (Lipinski definition) is 9. The van der Waals surface area contributed by atoms with Crippen LogP contribution in [0.4, 0.5) is 10.2 Å². The summed E-state index contributed by atoms with van der Waals surface area (Å²) in [6, 6.07) is 12.4. The van der Waals surface area contributed by atoms with Gasteiger partial charge in [-0.2, -0.15) is 0 Å². The third-order valence-electron chi connectivity index (χ3n) is 4.27. The Labute approximate surface area is 183 Å². The van der Waals surface area contributed by atoms with Crippen molar-refractivity contribution < 1.29 is 17.8 Å². The number of hydrogen-bond donors (Lipinski definition) is 2. The zero-order chi connectivity index (χ0) is 22.0. The summed E-state index contributed by atoms with van der Waals surface area (Å²) in [5.41, 5.74) is 0.337. The Morgan fingerprint density at radius 3 is 2.68 bits per heavy atom. The number of halogens is 2. The summed E-state index contributed by atoms with van der Waals surface area (Å²) >= 11 is 3.07. The van der Waals surface area contributed by atoms with E-state index < -0.39 is 21.3 Å². The molecule has 10 nitrogen and oxygen atoms in total. The SMILES string of the molecule is N=S(=O)(CCNc1nonc1-c1noc(=O)n1-c1ccc(F)c(Br)c1)c1ccccc1. The predicted molar refractivity (Wildman–Crippen MR) is 112 cm³/mol. The summed E-state index contributed by atoms with van der Waals surface area (Å²) < 4.78 is 45.1. The zero-order valence-corrected chi connectivity index (χ0v) is 18.0. The highest BCUT2D eigenvalue weighted by Crippen LogP contribution is 2.26. The molecular weight excluding hydrogens is 495 g/mol. The molecule has 0 saturated heterocycles. The standard InChI is InChI=1S/C18H14BrFN6O4S/c19-13-10-11(6-7-14(13)20)26-17(25-29-18(26)27)15-16(24-30-23-15)22-8-9-31(21,28)12-4-2-1-3-5-12/h1-7,10,21H,8-9H2,(H,22,24). The van der Waals surface area contributed by atoms with Crippen LogP contribution >= 0.6 is 15.9 Å². The molecule has 0 saturated carbocycles. The summed E-state index contributed by atoms with van der Waals surface area (Å²) in [4.78, 5) is 12.6. The van der Waals surface area contributed by atoms with Gasteiger partial charge in [0.1, 0.15) is 5.82 Å². The minimum absolute atomic E-state index is 0.000155. The quantitative estimate of drug-likeness (QED) is 0.387. The second kappa shape index (κ2) is 8.43. The molecule has 2 aromatic carbocycles. The highest BCUT2D eigenvalue weighted by atomic mass is 79.9. The Bertz CT molecular complexity index is 1380. The van der Waals surface area contributed by atoms with E-state index in [1.165, 1.54) is 18.2 Å². The van der Waals surface area contributed by atoms with Crippen molar-refractivity contribution in [3.8, 4) is 17.2 Å². The Morgan fingerprint density at radius 1 is 1.16 bits per heavy atom. The lowest BCUT2D eigenvalue weighted by atomic mass is 10.3. The van der Waals surface area contributed by atoms with Gasteiger partial charge in [-0.05, 0) is 56.6 Å². The number of benzene rings is 2. The maximum absolute atomic E-state index is 13.6. The lowest BCUT2D eigenvalue weighted by Crippen LogP contribution is -2.16. The van der Waals surface area contributed by atoms with Gasteiger partial charge in [-0.3, -0.25) is 4.52 Å². The van der Waals surface area contributed by atoms with Crippen molar-refractivity contribution in [2.45, 2.75) is 4.90 Å². The first kappa shape index (κ1) is 20.9. The van der Waals surface area contributed by atoms with Crippen molar-refractivity contribution >= 4 is 31.5 Å². The molecule has 0 aliphatic rings. The van der Waals surface area contributed by atoms with Gasteiger partial charge in [0.2, 0.25) is 11.6 Å². The Morgan fingerprint density at radius 2 is 1.94 bits per heavy atom. The summed E-state index contributed by atoms with van der Waals surface area (Å²) in [6.07, 6.45) is 0. The molecule has 2 heterocycles. The highest BCUT2D eigenvalue weighted by molar-refractivity contribution is 9.10. The van der Waals surface area contributed by atoms with E-state index in [1.807, 2.05) is 0 Å². The molecule has 4 rings (SSSR count). The van der Waals surface area contributed by atoms with Crippen molar-refractivity contribution in [3.63, 3.8) is 0 Å². The summed E-state index contributed by atoms with van der Waals surface area (Å²) in [5, 5.41) is 14.1. The lowest BCUT2D eigenvalue weighted by molar-refractivity contribution is 0.309. The molecule has 160 valence electrons. The van der Waals surface area contributed by atoms with Gasteiger partial charge < -0.3 is 5.32 Å². The van der Waals surface area contributed by atoms with Crippen molar-refractivity contribution in [3.05, 3.63) is 69.4 Å². The molecule has 0 aliphatic carbocycles. The average Bonchev–Trinajstić information content (AvgIpc) is 3.37. The second-order valence-corrected chi connectivity index (χ2v) is 9.37. The molecular formula is C18H14BrFN6O4S. The van der Waals surface area contributed by atoms with Crippen LogP contribution in [-0.4, -0.2) is 36.5 Å². The van der Waals surface area contributed by atoms with Gasteiger partial charge in [-0.25, -0.2) is 27.4 Å². The third kappa shape index (κ3) is 4.27. The van der Waals surface area contributed by atoms with Gasteiger partial charge >= 0.3 is 5.76 Å². The second-order valence-electron chi connectivity index (χ2n) is 6.29. The topological polar surface area (TPSA) is 140 Å². The van der Waals surface area contributed by atoms with Gasteiger partial charge in [0, 0.05) is 11.4 Å². The van der Waals surface area contributed by atoms with Crippen molar-refractivity contribution in [1.29, 1.82) is 4.78 Å². The molecule has 2 aromatic heterocycles. The van der Waals surface area contributed by atoms with Crippen LogP contribution < -0.4 is 11.1 Å². The molecule has 1 unspecified atom stereocenters. The first-order valence-corrected chi connectivity index (χ1v) is 11.3. The predicted octanol–water partition coefficient (Wildman–Crippen LogP) is 3.29. The van der Waals surface area contributed by atoms with E-state index in [-0.39, 0.29) is 39.8 Å². The van der Waals surface area contributed by atoms with Crippen LogP contribution in [0.25, 0.3) is 17.2 Å². The molecule has 13 heteroatoms. The number of nitrogens with zero attached hydrogens (tertiary/aromatic N) is 4. The summed E-state index contributed by atoms with van der Waals surface area (Å²) in [5.74, 6) is -1.23. The van der Waals surface area contributed by atoms with Crippen LogP contribution in [0.2, 0.25) is 0 Å². The van der Waals surface area contributed by atoms with Crippen LogP contribution in [0.1, 0.15) is 0 Å². The largest absolute Gasteiger partial charge is 0.446 e. The molecule has 0 aliphatic heterocycles. The maximum Gasteiger partial charge on any atom is 0.446 e.